The molecule has 1 atom stereocenters. The predicted molar refractivity (Wildman–Crippen MR) is 103 cm³/mol. The molecule has 7 heteroatoms. The number of aromatic nitrogens is 4. The van der Waals surface area contributed by atoms with E-state index in [1.807, 2.05) is 29.2 Å². The first-order valence-electron chi connectivity index (χ1n) is 9.99. The Morgan fingerprint density at radius 2 is 2.07 bits per heavy atom. The number of hydrogen-bond acceptors (Lipinski definition) is 5. The lowest BCUT2D eigenvalue weighted by Gasteiger charge is -2.34. The summed E-state index contributed by atoms with van der Waals surface area (Å²) < 4.78 is 0. The zero-order chi connectivity index (χ0) is 18.8. The summed E-state index contributed by atoms with van der Waals surface area (Å²) in [6.07, 6.45) is 3.75. The van der Waals surface area contributed by atoms with E-state index in [-0.39, 0.29) is 5.91 Å². The lowest BCUT2D eigenvalue weighted by Crippen LogP contribution is -2.46. The van der Waals surface area contributed by atoms with Crippen molar-refractivity contribution in [2.45, 2.75) is 39.2 Å². The number of benzene rings is 1. The number of nitrogens with one attached hydrogen (secondary N) is 1. The summed E-state index contributed by atoms with van der Waals surface area (Å²) in [5.74, 6) is 1.91. The van der Waals surface area contributed by atoms with Crippen LogP contribution in [0.15, 0.2) is 24.3 Å². The van der Waals surface area contributed by atoms with Crippen LogP contribution in [-0.4, -0.2) is 68.6 Å². The minimum Gasteiger partial charge on any atom is -0.337 e. The molecular weight excluding hydrogens is 340 g/mol. The maximum Gasteiger partial charge on any atom is 0.254 e. The Morgan fingerprint density at radius 3 is 2.78 bits per heavy atom. The van der Waals surface area contributed by atoms with Gasteiger partial charge in [0.25, 0.3) is 5.91 Å². The molecule has 0 spiro atoms. The Bertz CT molecular complexity index is 771. The standard InChI is InChI=1S/C20H28N6O/c1-14(2)18-13-26(11-5-10-25(18)12-15-8-9-15)20(27)17-7-4-3-6-16(17)19-21-23-24-22-19/h3-4,6-7,14-15,18H,5,8-13H2,1-2H3,(H,21,22,23,24). The maximum absolute atomic E-state index is 13.4. The highest BCUT2D eigenvalue weighted by Crippen LogP contribution is 2.32. The summed E-state index contributed by atoms with van der Waals surface area (Å²) in [5.41, 5.74) is 1.38. The molecule has 27 heavy (non-hydrogen) atoms. The molecule has 2 aliphatic rings. The fraction of sp³-hybridized carbons (Fsp3) is 0.600. The Morgan fingerprint density at radius 1 is 1.26 bits per heavy atom. The maximum atomic E-state index is 13.4. The van der Waals surface area contributed by atoms with Gasteiger partial charge in [-0.15, -0.1) is 10.2 Å². The topological polar surface area (TPSA) is 78.0 Å². The van der Waals surface area contributed by atoms with Crippen LogP contribution in [0.1, 0.15) is 43.5 Å². The Balaban J connectivity index is 1.57. The van der Waals surface area contributed by atoms with Gasteiger partial charge in [0.05, 0.1) is 5.56 Å². The van der Waals surface area contributed by atoms with E-state index in [0.29, 0.717) is 23.3 Å². The second-order valence-electron chi connectivity index (χ2n) is 8.14. The van der Waals surface area contributed by atoms with E-state index in [4.69, 9.17) is 0 Å². The van der Waals surface area contributed by atoms with Crippen LogP contribution in [0.25, 0.3) is 11.4 Å². The molecule has 144 valence electrons. The fourth-order valence-electron chi connectivity index (χ4n) is 4.05. The van der Waals surface area contributed by atoms with Crippen LogP contribution >= 0.6 is 0 Å². The van der Waals surface area contributed by atoms with Crippen molar-refractivity contribution in [3.63, 3.8) is 0 Å². The van der Waals surface area contributed by atoms with E-state index < -0.39 is 0 Å². The van der Waals surface area contributed by atoms with Crippen molar-refractivity contribution < 1.29 is 4.79 Å². The number of rotatable bonds is 5. The summed E-state index contributed by atoms with van der Waals surface area (Å²) in [7, 11) is 0. The normalized spacial score (nSPS) is 21.4. The summed E-state index contributed by atoms with van der Waals surface area (Å²) in [5, 5.41) is 14.2. The molecule has 2 fully saturated rings. The van der Waals surface area contributed by atoms with Crippen molar-refractivity contribution in [2.24, 2.45) is 11.8 Å². The molecule has 1 aliphatic carbocycles. The molecule has 1 saturated carbocycles. The van der Waals surface area contributed by atoms with Gasteiger partial charge in [-0.2, -0.15) is 5.21 Å². The minimum atomic E-state index is 0.0642. The van der Waals surface area contributed by atoms with Crippen LogP contribution in [0.3, 0.4) is 0 Å². The molecule has 1 aliphatic heterocycles. The molecule has 1 unspecified atom stereocenters. The third kappa shape index (κ3) is 4.03. The summed E-state index contributed by atoms with van der Waals surface area (Å²) in [4.78, 5) is 18.0. The number of H-pyrrole nitrogens is 1. The molecule has 0 radical (unpaired) electrons. The predicted octanol–water partition coefficient (Wildman–Crippen LogP) is 2.45. The average Bonchev–Trinajstić information content (AvgIpc) is 3.38. The zero-order valence-electron chi connectivity index (χ0n) is 16.1. The number of amides is 1. The average molecular weight is 368 g/mol. The van der Waals surface area contributed by atoms with Gasteiger partial charge in [0.2, 0.25) is 5.82 Å². The van der Waals surface area contributed by atoms with Gasteiger partial charge in [0.1, 0.15) is 0 Å². The second-order valence-corrected chi connectivity index (χ2v) is 8.14. The van der Waals surface area contributed by atoms with E-state index >= 15 is 0 Å². The molecule has 1 N–H and O–H groups in total. The molecule has 2 aromatic rings. The van der Waals surface area contributed by atoms with Gasteiger partial charge in [0.15, 0.2) is 0 Å². The number of aromatic amines is 1. The summed E-state index contributed by atoms with van der Waals surface area (Å²) in [6, 6.07) is 7.96. The molecule has 1 aromatic carbocycles. The number of hydrogen-bond donors (Lipinski definition) is 1. The third-order valence-corrected chi connectivity index (χ3v) is 5.74. The van der Waals surface area contributed by atoms with E-state index in [1.165, 1.54) is 19.4 Å². The highest BCUT2D eigenvalue weighted by Gasteiger charge is 2.34. The molecule has 1 amide bonds. The largest absolute Gasteiger partial charge is 0.337 e. The van der Waals surface area contributed by atoms with E-state index in [1.54, 1.807) is 0 Å². The molecule has 4 rings (SSSR count). The lowest BCUT2D eigenvalue weighted by atomic mass is 10.0. The number of carbonyl (C=O) groups is 1. The van der Waals surface area contributed by atoms with Crippen LogP contribution in [0.2, 0.25) is 0 Å². The second kappa shape index (κ2) is 7.76. The van der Waals surface area contributed by atoms with Crippen LogP contribution < -0.4 is 0 Å². The Hall–Kier alpha value is -2.28. The van der Waals surface area contributed by atoms with Crippen molar-refractivity contribution >= 4 is 5.91 Å². The van der Waals surface area contributed by atoms with E-state index in [9.17, 15) is 4.79 Å². The van der Waals surface area contributed by atoms with Gasteiger partial charge < -0.3 is 4.90 Å². The van der Waals surface area contributed by atoms with Gasteiger partial charge in [-0.05, 0) is 42.4 Å². The minimum absolute atomic E-state index is 0.0642. The summed E-state index contributed by atoms with van der Waals surface area (Å²) >= 11 is 0. The highest BCUT2D eigenvalue weighted by atomic mass is 16.2. The van der Waals surface area contributed by atoms with Crippen molar-refractivity contribution in [1.29, 1.82) is 0 Å². The smallest absolute Gasteiger partial charge is 0.254 e. The van der Waals surface area contributed by atoms with Gasteiger partial charge in [-0.25, -0.2) is 0 Å². The number of nitrogens with zero attached hydrogens (tertiary/aromatic N) is 5. The third-order valence-electron chi connectivity index (χ3n) is 5.74. The molecule has 1 aromatic heterocycles. The molecule has 0 bridgehead atoms. The number of carbonyl (C=O) groups excluding carboxylic acids is 1. The van der Waals surface area contributed by atoms with E-state index in [2.05, 4.69) is 39.4 Å². The van der Waals surface area contributed by atoms with Crippen LogP contribution in [0, 0.1) is 11.8 Å². The van der Waals surface area contributed by atoms with E-state index in [0.717, 1.165) is 37.5 Å². The van der Waals surface area contributed by atoms with Crippen molar-refractivity contribution in [3.8, 4) is 11.4 Å². The highest BCUT2D eigenvalue weighted by molar-refractivity contribution is 6.00. The zero-order valence-corrected chi connectivity index (χ0v) is 16.1. The molecule has 1 saturated heterocycles. The summed E-state index contributed by atoms with van der Waals surface area (Å²) in [6.45, 7) is 8.38. The van der Waals surface area contributed by atoms with Gasteiger partial charge in [0, 0.05) is 37.8 Å². The van der Waals surface area contributed by atoms with Gasteiger partial charge in [-0.3, -0.25) is 9.69 Å². The Kier molecular flexibility index (Phi) is 5.20. The Labute approximate surface area is 160 Å². The van der Waals surface area contributed by atoms with Gasteiger partial charge >= 0.3 is 0 Å². The van der Waals surface area contributed by atoms with Crippen LogP contribution in [0.5, 0.6) is 0 Å². The quantitative estimate of drug-likeness (QED) is 0.877. The first kappa shape index (κ1) is 18.1. The van der Waals surface area contributed by atoms with Crippen molar-refractivity contribution in [3.05, 3.63) is 29.8 Å². The van der Waals surface area contributed by atoms with Crippen LogP contribution in [-0.2, 0) is 0 Å². The van der Waals surface area contributed by atoms with Crippen molar-refractivity contribution in [2.75, 3.05) is 26.2 Å². The SMILES string of the molecule is CC(C)C1CN(C(=O)c2ccccc2-c2nn[nH]n2)CCCN1CC1CC1. The van der Waals surface area contributed by atoms with Crippen molar-refractivity contribution in [1.82, 2.24) is 30.4 Å². The van der Waals surface area contributed by atoms with Gasteiger partial charge in [-0.1, -0.05) is 32.0 Å². The monoisotopic (exact) mass is 368 g/mol. The fourth-order valence-corrected chi connectivity index (χ4v) is 4.05. The number of tetrazole rings is 1. The molecule has 2 heterocycles. The molecule has 7 nitrogen and oxygen atoms in total. The first-order valence-corrected chi connectivity index (χ1v) is 9.99. The molecular formula is C20H28N6O. The lowest BCUT2D eigenvalue weighted by molar-refractivity contribution is 0.0705. The van der Waals surface area contributed by atoms with Crippen LogP contribution in [0.4, 0.5) is 0 Å². The first-order chi connectivity index (χ1) is 13.1.